The van der Waals surface area contributed by atoms with E-state index in [4.69, 9.17) is 9.68 Å². The number of hydrogen-bond donors (Lipinski definition) is 1. The third-order valence-corrected chi connectivity index (χ3v) is 2.55. The van der Waals surface area contributed by atoms with Crippen LogP contribution in [0, 0.1) is 11.3 Å². The fraction of sp³-hybridized carbons (Fsp3) is 0.0909. The van der Waals surface area contributed by atoms with Gasteiger partial charge >= 0.3 is 0 Å². The number of carbonyl (C=O) groups excluding carboxylic acids is 1. The topological polar surface area (TPSA) is 66.0 Å². The Morgan fingerprint density at radius 2 is 2.31 bits per heavy atom. The molecule has 1 amide bonds. The van der Waals surface area contributed by atoms with Crippen LogP contribution in [-0.2, 0) is 4.79 Å². The predicted octanol–water partition coefficient (Wildman–Crippen LogP) is 3.03. The number of benzene rings is 1. The summed E-state index contributed by atoms with van der Waals surface area (Å²) in [5.74, 6) is -0.123. The molecule has 1 heterocycles. The molecule has 5 heteroatoms. The molecular formula is C11H7BrN2O2. The third-order valence-electron chi connectivity index (χ3n) is 2.05. The van der Waals surface area contributed by atoms with Crippen molar-refractivity contribution in [3.05, 3.63) is 28.4 Å². The molecule has 0 spiro atoms. The Kier molecular flexibility index (Phi) is 2.67. The van der Waals surface area contributed by atoms with Crippen molar-refractivity contribution in [2.24, 2.45) is 0 Å². The van der Waals surface area contributed by atoms with Crippen molar-refractivity contribution in [2.75, 3.05) is 5.32 Å². The molecule has 1 aromatic heterocycles. The number of nitriles is 1. The zero-order valence-corrected chi connectivity index (χ0v) is 9.96. The maximum absolute atomic E-state index is 11.0. The normalized spacial score (nSPS) is 10.1. The Hall–Kier alpha value is -1.80. The molecule has 4 nitrogen and oxygen atoms in total. The summed E-state index contributed by atoms with van der Waals surface area (Å²) in [6.07, 6.45) is 0. The summed E-state index contributed by atoms with van der Waals surface area (Å²) in [5, 5.41) is 12.2. The van der Waals surface area contributed by atoms with Crippen LogP contribution in [0.5, 0.6) is 0 Å². The van der Waals surface area contributed by atoms with Crippen LogP contribution < -0.4 is 5.32 Å². The monoisotopic (exact) mass is 278 g/mol. The number of fused-ring (bicyclic) bond motifs is 1. The van der Waals surface area contributed by atoms with E-state index in [9.17, 15) is 4.79 Å². The fourth-order valence-electron chi connectivity index (χ4n) is 1.45. The van der Waals surface area contributed by atoms with E-state index in [-0.39, 0.29) is 11.7 Å². The van der Waals surface area contributed by atoms with E-state index in [0.717, 1.165) is 4.47 Å². The van der Waals surface area contributed by atoms with Crippen LogP contribution in [0.3, 0.4) is 0 Å². The van der Waals surface area contributed by atoms with Crippen molar-refractivity contribution in [3.8, 4) is 6.07 Å². The van der Waals surface area contributed by atoms with Gasteiger partial charge in [0, 0.05) is 16.8 Å². The molecule has 2 rings (SSSR count). The van der Waals surface area contributed by atoms with Crippen LogP contribution in [0.25, 0.3) is 11.0 Å². The lowest BCUT2D eigenvalue weighted by Gasteiger charge is -1.98. The zero-order chi connectivity index (χ0) is 11.7. The number of furan rings is 1. The maximum atomic E-state index is 11.0. The van der Waals surface area contributed by atoms with Crippen LogP contribution in [0.1, 0.15) is 12.7 Å². The van der Waals surface area contributed by atoms with Crippen molar-refractivity contribution < 1.29 is 9.21 Å². The van der Waals surface area contributed by atoms with Crippen LogP contribution in [-0.4, -0.2) is 5.91 Å². The van der Waals surface area contributed by atoms with Gasteiger partial charge < -0.3 is 9.73 Å². The number of nitrogens with one attached hydrogen (secondary N) is 1. The number of carbonyl (C=O) groups is 1. The zero-order valence-electron chi connectivity index (χ0n) is 8.37. The molecule has 1 N–H and O–H groups in total. The van der Waals surface area contributed by atoms with Crippen LogP contribution in [0.4, 0.5) is 5.69 Å². The van der Waals surface area contributed by atoms with Crippen molar-refractivity contribution in [3.63, 3.8) is 0 Å². The molecule has 0 aliphatic carbocycles. The second-order valence-electron chi connectivity index (χ2n) is 3.24. The molecule has 0 bridgehead atoms. The smallest absolute Gasteiger partial charge is 0.228 e. The summed E-state index contributed by atoms with van der Waals surface area (Å²) in [7, 11) is 0. The highest BCUT2D eigenvalue weighted by Gasteiger charge is 2.14. The van der Waals surface area contributed by atoms with E-state index in [1.54, 1.807) is 12.1 Å². The number of halogens is 1. The summed E-state index contributed by atoms with van der Waals surface area (Å²) in [6.45, 7) is 1.39. The standard InChI is InChI=1S/C11H7BrN2O2/c1-6(15)14-11-8-4-7(12)2-3-9(8)16-10(11)5-13/h2-4H,1H3,(H,14,15). The minimum atomic E-state index is -0.237. The van der Waals surface area contributed by atoms with Crippen molar-refractivity contribution in [2.45, 2.75) is 6.92 Å². The molecular weight excluding hydrogens is 272 g/mol. The van der Waals surface area contributed by atoms with Gasteiger partial charge in [0.15, 0.2) is 0 Å². The molecule has 2 aromatic rings. The molecule has 0 saturated heterocycles. The van der Waals surface area contributed by atoms with E-state index in [2.05, 4.69) is 21.2 Å². The van der Waals surface area contributed by atoms with Gasteiger partial charge in [-0.15, -0.1) is 0 Å². The van der Waals surface area contributed by atoms with Gasteiger partial charge in [0.1, 0.15) is 17.3 Å². The summed E-state index contributed by atoms with van der Waals surface area (Å²) in [4.78, 5) is 11.0. The molecule has 0 radical (unpaired) electrons. The third kappa shape index (κ3) is 1.79. The SMILES string of the molecule is CC(=O)Nc1c(C#N)oc2ccc(Br)cc12. The number of hydrogen-bond acceptors (Lipinski definition) is 3. The molecule has 0 unspecified atom stereocenters. The van der Waals surface area contributed by atoms with Gasteiger partial charge in [-0.2, -0.15) is 5.26 Å². The molecule has 0 aliphatic rings. The highest BCUT2D eigenvalue weighted by molar-refractivity contribution is 9.10. The Morgan fingerprint density at radius 1 is 1.56 bits per heavy atom. The van der Waals surface area contributed by atoms with Crippen LogP contribution in [0.2, 0.25) is 0 Å². The minimum Gasteiger partial charge on any atom is -0.443 e. The first-order valence-electron chi connectivity index (χ1n) is 4.51. The molecule has 0 aliphatic heterocycles. The van der Waals surface area contributed by atoms with E-state index >= 15 is 0 Å². The molecule has 0 atom stereocenters. The first-order chi connectivity index (χ1) is 7.61. The lowest BCUT2D eigenvalue weighted by Crippen LogP contribution is -2.06. The molecule has 16 heavy (non-hydrogen) atoms. The van der Waals surface area contributed by atoms with Gasteiger partial charge in [-0.1, -0.05) is 15.9 Å². The van der Waals surface area contributed by atoms with E-state index in [1.165, 1.54) is 6.92 Å². The number of nitrogens with zero attached hydrogens (tertiary/aromatic N) is 1. The number of anilines is 1. The lowest BCUT2D eigenvalue weighted by molar-refractivity contribution is -0.114. The summed E-state index contributed by atoms with van der Waals surface area (Å²) < 4.78 is 6.17. The molecule has 0 saturated carbocycles. The van der Waals surface area contributed by atoms with Crippen molar-refractivity contribution >= 4 is 38.5 Å². The Morgan fingerprint density at radius 3 is 2.94 bits per heavy atom. The highest BCUT2D eigenvalue weighted by atomic mass is 79.9. The minimum absolute atomic E-state index is 0.114. The van der Waals surface area contributed by atoms with E-state index in [1.807, 2.05) is 12.1 Å². The van der Waals surface area contributed by atoms with Gasteiger partial charge in [0.2, 0.25) is 11.7 Å². The predicted molar refractivity (Wildman–Crippen MR) is 62.9 cm³/mol. The maximum Gasteiger partial charge on any atom is 0.228 e. The van der Waals surface area contributed by atoms with Crippen molar-refractivity contribution in [1.29, 1.82) is 5.26 Å². The van der Waals surface area contributed by atoms with Gasteiger partial charge in [0.05, 0.1) is 0 Å². The summed E-state index contributed by atoms with van der Waals surface area (Å²) in [5.41, 5.74) is 0.995. The number of rotatable bonds is 1. The molecule has 1 aromatic carbocycles. The Labute approximate surface area is 100.0 Å². The van der Waals surface area contributed by atoms with Crippen molar-refractivity contribution in [1.82, 2.24) is 0 Å². The van der Waals surface area contributed by atoms with Crippen LogP contribution in [0.15, 0.2) is 27.1 Å². The first-order valence-corrected chi connectivity index (χ1v) is 5.31. The number of amides is 1. The van der Waals surface area contributed by atoms with Gasteiger partial charge in [-0.05, 0) is 18.2 Å². The Bertz CT molecular complexity index is 610. The highest BCUT2D eigenvalue weighted by Crippen LogP contribution is 2.32. The second-order valence-corrected chi connectivity index (χ2v) is 4.16. The summed E-state index contributed by atoms with van der Waals surface area (Å²) in [6, 6.07) is 7.26. The van der Waals surface area contributed by atoms with Crippen LogP contribution >= 0.6 is 15.9 Å². The average molecular weight is 279 g/mol. The summed E-state index contributed by atoms with van der Waals surface area (Å²) >= 11 is 3.33. The van der Waals surface area contributed by atoms with Gasteiger partial charge in [0.25, 0.3) is 0 Å². The largest absolute Gasteiger partial charge is 0.443 e. The van der Waals surface area contributed by atoms with E-state index < -0.39 is 0 Å². The first kappa shape index (κ1) is 10.7. The van der Waals surface area contributed by atoms with E-state index in [0.29, 0.717) is 16.7 Å². The second kappa shape index (κ2) is 3.99. The molecule has 0 fully saturated rings. The lowest BCUT2D eigenvalue weighted by atomic mass is 10.2. The average Bonchev–Trinajstić information content (AvgIpc) is 2.56. The quantitative estimate of drug-likeness (QED) is 0.872. The molecule has 80 valence electrons. The van der Waals surface area contributed by atoms with Gasteiger partial charge in [-0.3, -0.25) is 4.79 Å². The fourth-order valence-corrected chi connectivity index (χ4v) is 1.81. The Balaban J connectivity index is 2.71. The van der Waals surface area contributed by atoms with Gasteiger partial charge in [-0.25, -0.2) is 0 Å².